The molecular formula is C10H13N3O4. The minimum Gasteiger partial charge on any atom is -0.468 e. The number of nitro groups is 1. The van der Waals surface area contributed by atoms with Crippen LogP contribution in [0.2, 0.25) is 0 Å². The van der Waals surface area contributed by atoms with Crippen LogP contribution in [0.3, 0.4) is 0 Å². The number of allylic oxidation sites excluding steroid dienone is 1. The Morgan fingerprint density at radius 1 is 1.82 bits per heavy atom. The lowest BCUT2D eigenvalue weighted by atomic mass is 10.0. The summed E-state index contributed by atoms with van der Waals surface area (Å²) in [6, 6.07) is 0. The van der Waals surface area contributed by atoms with E-state index in [2.05, 4.69) is 16.4 Å². The zero-order valence-electron chi connectivity index (χ0n) is 9.62. The third-order valence-electron chi connectivity index (χ3n) is 2.38. The first-order valence-electron chi connectivity index (χ1n) is 4.88. The lowest BCUT2D eigenvalue weighted by molar-refractivity contribution is -0.385. The van der Waals surface area contributed by atoms with Gasteiger partial charge in [-0.05, 0) is 6.42 Å². The molecular weight excluding hydrogens is 226 g/mol. The topological polar surface area (TPSA) is 87.3 Å². The number of hydrogen-bond donors (Lipinski definition) is 0. The Hall–Kier alpha value is -2.18. The van der Waals surface area contributed by atoms with Gasteiger partial charge in [0.1, 0.15) is 17.8 Å². The summed E-state index contributed by atoms with van der Waals surface area (Å²) in [6.45, 7) is 3.52. The number of nitrogens with zero attached hydrogens (tertiary/aromatic N) is 3. The van der Waals surface area contributed by atoms with Crippen LogP contribution in [0.15, 0.2) is 18.9 Å². The van der Waals surface area contributed by atoms with Crippen molar-refractivity contribution < 1.29 is 14.5 Å². The molecule has 0 fully saturated rings. The number of rotatable bonds is 5. The second kappa shape index (κ2) is 5.24. The number of hydrogen-bond acceptors (Lipinski definition) is 5. The highest BCUT2D eigenvalue weighted by atomic mass is 16.6. The summed E-state index contributed by atoms with van der Waals surface area (Å²) < 4.78 is 5.94. The zero-order valence-corrected chi connectivity index (χ0v) is 9.62. The molecule has 0 spiro atoms. The molecule has 0 unspecified atom stereocenters. The van der Waals surface area contributed by atoms with E-state index >= 15 is 0 Å². The van der Waals surface area contributed by atoms with Gasteiger partial charge in [-0.3, -0.25) is 19.6 Å². The number of ether oxygens (including phenoxy) is 1. The number of aryl methyl sites for hydroxylation is 1. The molecule has 1 aromatic heterocycles. The molecule has 92 valence electrons. The van der Waals surface area contributed by atoms with Gasteiger partial charge in [-0.15, -0.1) is 6.58 Å². The van der Waals surface area contributed by atoms with Gasteiger partial charge in [-0.1, -0.05) is 6.08 Å². The van der Waals surface area contributed by atoms with Gasteiger partial charge >= 0.3 is 11.7 Å². The maximum atomic E-state index is 11.6. The van der Waals surface area contributed by atoms with Gasteiger partial charge in [0.25, 0.3) is 0 Å². The van der Waals surface area contributed by atoms with Crippen molar-refractivity contribution >= 4 is 11.7 Å². The molecule has 1 aromatic rings. The summed E-state index contributed by atoms with van der Waals surface area (Å²) in [6.07, 6.45) is 2.89. The molecule has 0 bridgehead atoms. The van der Waals surface area contributed by atoms with E-state index in [-0.39, 0.29) is 17.8 Å². The molecule has 1 rings (SSSR count). The summed E-state index contributed by atoms with van der Waals surface area (Å²) >= 11 is 0. The highest BCUT2D eigenvalue weighted by molar-refractivity contribution is 5.79. The highest BCUT2D eigenvalue weighted by Gasteiger charge is 2.31. The summed E-state index contributed by atoms with van der Waals surface area (Å²) in [5.41, 5.74) is 0.0338. The molecule has 17 heavy (non-hydrogen) atoms. The summed E-state index contributed by atoms with van der Waals surface area (Å²) in [5.74, 6) is -1.30. The minimum atomic E-state index is -0.759. The van der Waals surface area contributed by atoms with Crippen LogP contribution in [0.25, 0.3) is 0 Å². The molecule has 0 aliphatic rings. The van der Waals surface area contributed by atoms with Crippen LogP contribution < -0.4 is 0 Å². The fourth-order valence-electron chi connectivity index (χ4n) is 1.61. The maximum absolute atomic E-state index is 11.6. The Morgan fingerprint density at radius 2 is 2.47 bits per heavy atom. The van der Waals surface area contributed by atoms with Crippen LogP contribution in [0, 0.1) is 10.1 Å². The molecule has 1 atom stereocenters. The normalized spacial score (nSPS) is 11.9. The number of carbonyl (C=O) groups is 1. The first-order chi connectivity index (χ1) is 8.02. The monoisotopic (exact) mass is 239 g/mol. The molecule has 1 heterocycles. The Labute approximate surface area is 97.8 Å². The van der Waals surface area contributed by atoms with Gasteiger partial charge in [0.05, 0.1) is 12.0 Å². The van der Waals surface area contributed by atoms with Crippen molar-refractivity contribution in [2.24, 2.45) is 7.05 Å². The second-order valence-corrected chi connectivity index (χ2v) is 3.40. The summed E-state index contributed by atoms with van der Waals surface area (Å²) in [7, 11) is 2.78. The van der Waals surface area contributed by atoms with Crippen LogP contribution in [-0.4, -0.2) is 27.8 Å². The molecule has 0 saturated heterocycles. The van der Waals surface area contributed by atoms with Gasteiger partial charge in [-0.25, -0.2) is 0 Å². The van der Waals surface area contributed by atoms with E-state index in [9.17, 15) is 14.9 Å². The molecule has 0 amide bonds. The third-order valence-corrected chi connectivity index (χ3v) is 2.38. The van der Waals surface area contributed by atoms with Crippen molar-refractivity contribution in [1.82, 2.24) is 9.78 Å². The Bertz CT molecular complexity index is 452. The summed E-state index contributed by atoms with van der Waals surface area (Å²) in [5, 5.41) is 14.6. The van der Waals surface area contributed by atoms with Crippen molar-refractivity contribution in [1.29, 1.82) is 0 Å². The zero-order chi connectivity index (χ0) is 13.0. The van der Waals surface area contributed by atoms with Crippen molar-refractivity contribution in [3.8, 4) is 0 Å². The molecule has 0 aliphatic heterocycles. The number of carbonyl (C=O) groups excluding carboxylic acids is 1. The highest BCUT2D eigenvalue weighted by Crippen LogP contribution is 2.29. The van der Waals surface area contributed by atoms with Gasteiger partial charge in [0, 0.05) is 7.05 Å². The number of esters is 1. The standard InChI is InChI=1S/C10H13N3O4/c1-4-5-7(10(14)17-3)9-8(13(15)16)6-11-12(9)2/h4,6-7H,1,5H2,2-3H3/t7-/m0/s1. The van der Waals surface area contributed by atoms with Gasteiger partial charge in [0.15, 0.2) is 0 Å². The van der Waals surface area contributed by atoms with Crippen molar-refractivity contribution in [2.75, 3.05) is 7.11 Å². The predicted octanol–water partition coefficient (Wildman–Crippen LogP) is 1.16. The Kier molecular flexibility index (Phi) is 3.97. The van der Waals surface area contributed by atoms with Crippen LogP contribution in [0.4, 0.5) is 5.69 Å². The lowest BCUT2D eigenvalue weighted by Crippen LogP contribution is -2.18. The van der Waals surface area contributed by atoms with Crippen molar-refractivity contribution in [2.45, 2.75) is 12.3 Å². The van der Waals surface area contributed by atoms with Gasteiger partial charge in [-0.2, -0.15) is 5.10 Å². The van der Waals surface area contributed by atoms with Crippen molar-refractivity contribution in [3.05, 3.63) is 34.7 Å². The number of methoxy groups -OCH3 is 1. The predicted molar refractivity (Wildman–Crippen MR) is 59.4 cm³/mol. The molecule has 0 aromatic carbocycles. The van der Waals surface area contributed by atoms with Crippen LogP contribution in [0.5, 0.6) is 0 Å². The molecule has 0 radical (unpaired) electrons. The van der Waals surface area contributed by atoms with E-state index < -0.39 is 16.8 Å². The van der Waals surface area contributed by atoms with Crippen LogP contribution in [-0.2, 0) is 16.6 Å². The van der Waals surface area contributed by atoms with Gasteiger partial charge < -0.3 is 4.74 Å². The minimum absolute atomic E-state index is 0.190. The smallest absolute Gasteiger partial charge is 0.315 e. The SMILES string of the molecule is C=CC[C@H](C(=O)OC)c1c([N+](=O)[O-])cnn1C. The Balaban J connectivity index is 3.26. The van der Waals surface area contributed by atoms with E-state index in [1.807, 2.05) is 0 Å². The lowest BCUT2D eigenvalue weighted by Gasteiger charge is -2.12. The molecule has 0 saturated carbocycles. The first-order valence-corrected chi connectivity index (χ1v) is 4.88. The third kappa shape index (κ3) is 2.49. The van der Waals surface area contributed by atoms with Gasteiger partial charge in [0.2, 0.25) is 0 Å². The van der Waals surface area contributed by atoms with E-state index in [1.54, 1.807) is 7.05 Å². The molecule has 0 aliphatic carbocycles. The number of aromatic nitrogens is 2. The molecule has 7 nitrogen and oxygen atoms in total. The van der Waals surface area contributed by atoms with Crippen LogP contribution >= 0.6 is 0 Å². The largest absolute Gasteiger partial charge is 0.468 e. The van der Waals surface area contributed by atoms with E-state index in [1.165, 1.54) is 17.9 Å². The van der Waals surface area contributed by atoms with Crippen molar-refractivity contribution in [3.63, 3.8) is 0 Å². The average Bonchev–Trinajstić information content (AvgIpc) is 2.67. The van der Waals surface area contributed by atoms with E-state index in [4.69, 9.17) is 0 Å². The van der Waals surface area contributed by atoms with Crippen LogP contribution in [0.1, 0.15) is 18.0 Å². The average molecular weight is 239 g/mol. The maximum Gasteiger partial charge on any atom is 0.315 e. The fraction of sp³-hybridized carbons (Fsp3) is 0.400. The fourth-order valence-corrected chi connectivity index (χ4v) is 1.61. The van der Waals surface area contributed by atoms with E-state index in [0.717, 1.165) is 6.20 Å². The second-order valence-electron chi connectivity index (χ2n) is 3.40. The molecule has 7 heteroatoms. The quantitative estimate of drug-likeness (QED) is 0.333. The molecule has 0 N–H and O–H groups in total. The first kappa shape index (κ1) is 12.9. The summed E-state index contributed by atoms with van der Waals surface area (Å²) in [4.78, 5) is 21.9. The Morgan fingerprint density at radius 3 is 2.94 bits per heavy atom. The van der Waals surface area contributed by atoms with E-state index in [0.29, 0.717) is 0 Å².